The molecule has 2 heterocycles. The molecule has 55 heavy (non-hydrogen) atoms. The van der Waals surface area contributed by atoms with Gasteiger partial charge in [-0.05, 0) is 81.7 Å². The molecule has 0 fully saturated rings. The maximum Gasteiger partial charge on any atom is 0.143 e. The molecule has 0 aliphatic heterocycles. The molecular weight excluding hydrogens is 687 g/mol. The predicted octanol–water partition coefficient (Wildman–Crippen LogP) is 15.6. The molecule has 0 atom stereocenters. The van der Waals surface area contributed by atoms with Crippen LogP contribution in [0.25, 0.3) is 86.3 Å². The summed E-state index contributed by atoms with van der Waals surface area (Å²) in [5.74, 6) is 0. The third-order valence-corrected chi connectivity index (χ3v) is 12.1. The first-order chi connectivity index (χ1) is 27.3. The van der Waals surface area contributed by atoms with Gasteiger partial charge in [0.05, 0.1) is 11.1 Å². The number of fused-ring (bicyclic) bond motifs is 8. The van der Waals surface area contributed by atoms with E-state index in [4.69, 9.17) is 4.42 Å². The van der Waals surface area contributed by atoms with Crippen LogP contribution in [0.3, 0.4) is 0 Å². The highest BCUT2D eigenvalue weighted by molar-refractivity contribution is 7.26. The molecular formula is C52H33NOS. The molecule has 3 heteroatoms. The van der Waals surface area contributed by atoms with Gasteiger partial charge in [-0.2, -0.15) is 0 Å². The number of furan rings is 1. The lowest BCUT2D eigenvalue weighted by molar-refractivity contribution is 0.672. The molecule has 2 nitrogen and oxygen atoms in total. The van der Waals surface area contributed by atoms with Gasteiger partial charge in [-0.25, -0.2) is 0 Å². The van der Waals surface area contributed by atoms with E-state index in [0.717, 1.165) is 44.4 Å². The summed E-state index contributed by atoms with van der Waals surface area (Å²) in [6.07, 6.45) is 0. The molecule has 11 rings (SSSR count). The molecule has 0 bridgehead atoms. The van der Waals surface area contributed by atoms with Gasteiger partial charge in [0.2, 0.25) is 0 Å². The lowest BCUT2D eigenvalue weighted by Crippen LogP contribution is -2.10. The number of nitrogens with zero attached hydrogens (tertiary/aromatic N) is 1. The van der Waals surface area contributed by atoms with Crippen LogP contribution in [0.15, 0.2) is 205 Å². The molecule has 0 saturated carbocycles. The largest absolute Gasteiger partial charge is 0.455 e. The molecule has 0 aliphatic rings. The van der Waals surface area contributed by atoms with E-state index < -0.39 is 0 Å². The van der Waals surface area contributed by atoms with Gasteiger partial charge in [0.15, 0.2) is 0 Å². The van der Waals surface area contributed by atoms with Gasteiger partial charge in [0, 0.05) is 47.9 Å². The Balaban J connectivity index is 1.16. The van der Waals surface area contributed by atoms with Gasteiger partial charge in [0.1, 0.15) is 11.2 Å². The van der Waals surface area contributed by atoms with Crippen LogP contribution in [0.2, 0.25) is 0 Å². The summed E-state index contributed by atoms with van der Waals surface area (Å²) in [5.41, 5.74) is 12.2. The summed E-state index contributed by atoms with van der Waals surface area (Å²) in [5, 5.41) is 7.09. The fourth-order valence-electron chi connectivity index (χ4n) is 8.29. The minimum Gasteiger partial charge on any atom is -0.455 e. The Morgan fingerprint density at radius 2 is 0.927 bits per heavy atom. The van der Waals surface area contributed by atoms with E-state index in [9.17, 15) is 0 Å². The lowest BCUT2D eigenvalue weighted by atomic mass is 9.94. The van der Waals surface area contributed by atoms with Crippen LogP contribution in [-0.2, 0) is 0 Å². The van der Waals surface area contributed by atoms with Crippen molar-refractivity contribution < 1.29 is 4.42 Å². The Hall–Kier alpha value is -6.94. The molecule has 0 amide bonds. The van der Waals surface area contributed by atoms with Gasteiger partial charge >= 0.3 is 0 Å². The minimum atomic E-state index is 0.863. The zero-order valence-electron chi connectivity index (χ0n) is 29.8. The van der Waals surface area contributed by atoms with Gasteiger partial charge in [-0.3, -0.25) is 0 Å². The first-order valence-electron chi connectivity index (χ1n) is 18.7. The zero-order chi connectivity index (χ0) is 36.3. The topological polar surface area (TPSA) is 16.4 Å². The second-order valence-electron chi connectivity index (χ2n) is 14.0. The van der Waals surface area contributed by atoms with Crippen molar-refractivity contribution in [1.29, 1.82) is 0 Å². The molecule has 0 N–H and O–H groups in total. The van der Waals surface area contributed by atoms with Crippen molar-refractivity contribution in [2.75, 3.05) is 4.90 Å². The van der Waals surface area contributed by atoms with Gasteiger partial charge in [0.25, 0.3) is 0 Å². The van der Waals surface area contributed by atoms with Crippen molar-refractivity contribution in [3.63, 3.8) is 0 Å². The SMILES string of the molecule is c1ccc(-c2ccc(N(c3ccc(-c4ccccc4)cc3)c3cccc4oc5c6ccccc6c(-c6cccc7c6sc6ccccc67)cc5c34)cc2)cc1. The second-order valence-corrected chi connectivity index (χ2v) is 15.1. The van der Waals surface area contributed by atoms with Crippen LogP contribution < -0.4 is 4.90 Å². The molecule has 0 spiro atoms. The van der Waals surface area contributed by atoms with E-state index in [1.807, 2.05) is 11.3 Å². The fourth-order valence-corrected chi connectivity index (χ4v) is 9.52. The van der Waals surface area contributed by atoms with E-state index in [-0.39, 0.29) is 0 Å². The first kappa shape index (κ1) is 31.6. The summed E-state index contributed by atoms with van der Waals surface area (Å²) in [6.45, 7) is 0. The standard InChI is InChI=1S/C52H33NOS/c1-3-13-34(14-4-1)36-25-29-38(30-26-36)53(39-31-27-37(28-32-39)35-15-5-2-6-16-35)47-22-12-23-48-50(47)46-33-45(40-17-7-8-19-42(40)51(46)54-48)44-21-11-20-43-41-18-9-10-24-49(41)55-52(43)44/h1-33H. The Morgan fingerprint density at radius 1 is 0.382 bits per heavy atom. The summed E-state index contributed by atoms with van der Waals surface area (Å²) < 4.78 is 9.49. The van der Waals surface area contributed by atoms with E-state index >= 15 is 0 Å². The monoisotopic (exact) mass is 719 g/mol. The van der Waals surface area contributed by atoms with Crippen LogP contribution >= 0.6 is 11.3 Å². The van der Waals surface area contributed by atoms with E-state index in [0.29, 0.717) is 0 Å². The highest BCUT2D eigenvalue weighted by Crippen LogP contribution is 2.48. The fraction of sp³-hybridized carbons (Fsp3) is 0. The molecule has 11 aromatic rings. The van der Waals surface area contributed by atoms with Crippen molar-refractivity contribution in [2.24, 2.45) is 0 Å². The average molecular weight is 720 g/mol. The zero-order valence-corrected chi connectivity index (χ0v) is 30.6. The second kappa shape index (κ2) is 12.9. The quantitative estimate of drug-likeness (QED) is 0.170. The van der Waals surface area contributed by atoms with E-state index in [2.05, 4.69) is 205 Å². The Kier molecular flexibility index (Phi) is 7.39. The number of benzene rings is 9. The number of rotatable bonds is 6. The van der Waals surface area contributed by atoms with Crippen molar-refractivity contribution in [3.8, 4) is 33.4 Å². The number of thiophene rings is 1. The summed E-state index contributed by atoms with van der Waals surface area (Å²) in [4.78, 5) is 2.38. The summed E-state index contributed by atoms with van der Waals surface area (Å²) in [7, 11) is 0. The lowest BCUT2D eigenvalue weighted by Gasteiger charge is -2.26. The molecule has 0 saturated heterocycles. The van der Waals surface area contributed by atoms with Crippen molar-refractivity contribution in [1.82, 2.24) is 0 Å². The van der Waals surface area contributed by atoms with Crippen molar-refractivity contribution >= 4 is 81.3 Å². The summed E-state index contributed by atoms with van der Waals surface area (Å²) >= 11 is 1.87. The first-order valence-corrected chi connectivity index (χ1v) is 19.5. The predicted molar refractivity (Wildman–Crippen MR) is 235 cm³/mol. The smallest absolute Gasteiger partial charge is 0.143 e. The van der Waals surface area contributed by atoms with Gasteiger partial charge < -0.3 is 9.32 Å². The third kappa shape index (κ3) is 5.24. The van der Waals surface area contributed by atoms with E-state index in [1.54, 1.807) is 0 Å². The normalized spacial score (nSPS) is 11.6. The highest BCUT2D eigenvalue weighted by Gasteiger charge is 2.23. The number of hydrogen-bond acceptors (Lipinski definition) is 3. The van der Waals surface area contributed by atoms with Crippen LogP contribution in [0.4, 0.5) is 17.1 Å². The Bertz CT molecular complexity index is 3090. The molecule has 0 radical (unpaired) electrons. The van der Waals surface area contributed by atoms with Crippen LogP contribution in [0, 0.1) is 0 Å². The highest BCUT2D eigenvalue weighted by atomic mass is 32.1. The number of hydrogen-bond donors (Lipinski definition) is 0. The third-order valence-electron chi connectivity index (χ3n) is 10.9. The van der Waals surface area contributed by atoms with Crippen molar-refractivity contribution in [3.05, 3.63) is 200 Å². The molecule has 0 aliphatic carbocycles. The Labute approximate surface area is 322 Å². The molecule has 9 aromatic carbocycles. The molecule has 0 unspecified atom stereocenters. The van der Waals surface area contributed by atoms with E-state index in [1.165, 1.54) is 58.9 Å². The van der Waals surface area contributed by atoms with Gasteiger partial charge in [-0.15, -0.1) is 11.3 Å². The van der Waals surface area contributed by atoms with Crippen LogP contribution in [0.1, 0.15) is 0 Å². The number of anilines is 3. The molecule has 2 aromatic heterocycles. The maximum absolute atomic E-state index is 6.88. The van der Waals surface area contributed by atoms with Crippen LogP contribution in [0.5, 0.6) is 0 Å². The van der Waals surface area contributed by atoms with Crippen molar-refractivity contribution in [2.45, 2.75) is 0 Å². The van der Waals surface area contributed by atoms with Gasteiger partial charge in [-0.1, -0.05) is 152 Å². The Morgan fingerprint density at radius 3 is 1.60 bits per heavy atom. The minimum absolute atomic E-state index is 0.863. The maximum atomic E-state index is 6.88. The summed E-state index contributed by atoms with van der Waals surface area (Å²) in [6, 6.07) is 72.0. The molecule has 258 valence electrons. The van der Waals surface area contributed by atoms with Crippen LogP contribution in [-0.4, -0.2) is 0 Å². The average Bonchev–Trinajstić information content (AvgIpc) is 3.84.